The molecular weight excluding hydrogens is 386 g/mol. The fourth-order valence-electron chi connectivity index (χ4n) is 3.42. The zero-order chi connectivity index (χ0) is 20.8. The normalized spacial score (nSPS) is 11.7. The van der Waals surface area contributed by atoms with Crippen LogP contribution in [0.25, 0.3) is 32.7 Å². The third-order valence-corrected chi connectivity index (χ3v) is 5.98. The zero-order valence-corrected chi connectivity index (χ0v) is 17.0. The summed E-state index contributed by atoms with van der Waals surface area (Å²) in [5.74, 6) is -0.789. The predicted molar refractivity (Wildman–Crippen MR) is 114 cm³/mol. The number of pyridine rings is 1. The van der Waals surface area contributed by atoms with Gasteiger partial charge in [-0.1, -0.05) is 30.3 Å². The minimum Gasteiger partial charge on any atom is -0.480 e. The molecule has 0 aliphatic heterocycles. The lowest BCUT2D eigenvalue weighted by Crippen LogP contribution is -2.44. The van der Waals surface area contributed by atoms with E-state index < -0.39 is 11.5 Å². The molecule has 1 aromatic carbocycles. The monoisotopic (exact) mass is 405 g/mol. The largest absolute Gasteiger partial charge is 0.480 e. The van der Waals surface area contributed by atoms with Gasteiger partial charge in [-0.25, -0.2) is 9.78 Å². The number of carboxylic acid groups (broad SMARTS) is 1. The van der Waals surface area contributed by atoms with Crippen molar-refractivity contribution in [1.29, 1.82) is 0 Å². The number of hydrogen-bond acceptors (Lipinski definition) is 5. The number of rotatable bonds is 4. The zero-order valence-electron chi connectivity index (χ0n) is 16.2. The second-order valence-electron chi connectivity index (χ2n) is 7.26. The number of nitrogens with zero attached hydrogens (tertiary/aromatic N) is 3. The van der Waals surface area contributed by atoms with Crippen LogP contribution in [-0.2, 0) is 10.3 Å². The lowest BCUT2D eigenvalue weighted by atomic mass is 10.0. The lowest BCUT2D eigenvalue weighted by Gasteiger charge is -2.25. The van der Waals surface area contributed by atoms with Crippen molar-refractivity contribution in [2.24, 2.45) is 0 Å². The summed E-state index contributed by atoms with van der Waals surface area (Å²) in [6.07, 6.45) is 3.19. The number of fused-ring (bicyclic) bond motifs is 1. The smallest absolute Gasteiger partial charge is 0.329 e. The van der Waals surface area contributed by atoms with Gasteiger partial charge in [0, 0.05) is 28.4 Å². The quantitative estimate of drug-likeness (QED) is 0.547. The molecule has 3 aromatic heterocycles. The lowest BCUT2D eigenvalue weighted by molar-refractivity contribution is -0.145. The molecule has 4 aromatic rings. The second-order valence-corrected chi connectivity index (χ2v) is 8.46. The van der Waals surface area contributed by atoms with Gasteiger partial charge >= 0.3 is 5.97 Å². The van der Waals surface area contributed by atoms with Crippen LogP contribution in [0, 0.1) is 6.92 Å². The molecule has 1 N–H and O–H groups in total. The van der Waals surface area contributed by atoms with Crippen molar-refractivity contribution in [3.05, 3.63) is 70.1 Å². The first kappa shape index (κ1) is 19.0. The van der Waals surface area contributed by atoms with Gasteiger partial charge in [0.05, 0.1) is 5.39 Å². The third kappa shape index (κ3) is 3.03. The minimum atomic E-state index is -1.49. The molecule has 146 valence electrons. The molecule has 0 aliphatic rings. The Bertz CT molecular complexity index is 1280. The molecule has 4 rings (SSSR count). The second kappa shape index (κ2) is 6.93. The molecule has 0 unspecified atom stereocenters. The van der Waals surface area contributed by atoms with Crippen LogP contribution >= 0.6 is 11.3 Å². The molecule has 6 nitrogen and oxygen atoms in total. The number of aliphatic carboxylic acids is 1. The van der Waals surface area contributed by atoms with Crippen molar-refractivity contribution in [3.63, 3.8) is 0 Å². The van der Waals surface area contributed by atoms with E-state index in [-0.39, 0.29) is 5.56 Å². The summed E-state index contributed by atoms with van der Waals surface area (Å²) in [7, 11) is 0. The topological polar surface area (TPSA) is 85.1 Å². The Morgan fingerprint density at radius 2 is 1.72 bits per heavy atom. The van der Waals surface area contributed by atoms with Crippen LogP contribution < -0.4 is 5.56 Å². The third-order valence-electron chi connectivity index (χ3n) is 4.99. The summed E-state index contributed by atoms with van der Waals surface area (Å²) < 4.78 is 1.28. The highest BCUT2D eigenvalue weighted by Crippen LogP contribution is 2.37. The van der Waals surface area contributed by atoms with Crippen molar-refractivity contribution < 1.29 is 9.90 Å². The summed E-state index contributed by atoms with van der Waals surface area (Å²) in [6, 6.07) is 13.1. The van der Waals surface area contributed by atoms with Crippen LogP contribution in [0.2, 0.25) is 0 Å². The number of carboxylic acids is 1. The van der Waals surface area contributed by atoms with Gasteiger partial charge in [-0.15, -0.1) is 11.3 Å². The van der Waals surface area contributed by atoms with Crippen molar-refractivity contribution in [1.82, 2.24) is 14.5 Å². The average molecular weight is 405 g/mol. The highest BCUT2D eigenvalue weighted by Gasteiger charge is 2.35. The molecule has 0 bridgehead atoms. The molecule has 0 radical (unpaired) electrons. The van der Waals surface area contributed by atoms with Gasteiger partial charge in [-0.2, -0.15) is 0 Å². The Balaban J connectivity index is 2.16. The molecule has 0 fully saturated rings. The number of hydrogen-bond donors (Lipinski definition) is 1. The maximum atomic E-state index is 13.7. The first-order chi connectivity index (χ1) is 13.8. The van der Waals surface area contributed by atoms with E-state index in [9.17, 15) is 14.7 Å². The highest BCUT2D eigenvalue weighted by molar-refractivity contribution is 7.19. The summed E-state index contributed by atoms with van der Waals surface area (Å²) in [6.45, 7) is 4.97. The number of benzene rings is 1. The van der Waals surface area contributed by atoms with Gasteiger partial charge in [0.1, 0.15) is 16.2 Å². The standard InChI is InChI=1S/C22H19N3O3S/c1-13-16(14-7-5-4-6-8-14)17-19(29-13)24-18(15-9-11-23-12-10-15)25(20(17)26)22(2,3)21(27)28/h4-12H,1-3H3,(H,27,28). The van der Waals surface area contributed by atoms with Crippen LogP contribution in [0.3, 0.4) is 0 Å². The Kier molecular flexibility index (Phi) is 4.55. The van der Waals surface area contributed by atoms with Gasteiger partial charge < -0.3 is 5.11 Å². The van der Waals surface area contributed by atoms with E-state index in [1.807, 2.05) is 37.3 Å². The number of thiophene rings is 1. The van der Waals surface area contributed by atoms with Crippen LogP contribution in [0.5, 0.6) is 0 Å². The molecule has 0 amide bonds. The van der Waals surface area contributed by atoms with E-state index in [4.69, 9.17) is 4.98 Å². The van der Waals surface area contributed by atoms with Gasteiger partial charge in [0.25, 0.3) is 5.56 Å². The molecule has 0 saturated heterocycles. The van der Waals surface area contributed by atoms with Crippen molar-refractivity contribution >= 4 is 27.5 Å². The van der Waals surface area contributed by atoms with Crippen molar-refractivity contribution in [3.8, 4) is 22.5 Å². The number of aromatic nitrogens is 3. The van der Waals surface area contributed by atoms with E-state index in [1.54, 1.807) is 24.5 Å². The van der Waals surface area contributed by atoms with Gasteiger partial charge in [0.15, 0.2) is 0 Å². The molecular formula is C22H19N3O3S. The number of aryl methyl sites for hydroxylation is 1. The highest BCUT2D eigenvalue weighted by atomic mass is 32.1. The molecule has 0 spiro atoms. The minimum absolute atomic E-state index is 0.318. The SMILES string of the molecule is Cc1sc2nc(-c3ccncc3)n(C(C)(C)C(=O)O)c(=O)c2c1-c1ccccc1. The Morgan fingerprint density at radius 1 is 1.07 bits per heavy atom. The van der Waals surface area contributed by atoms with Gasteiger partial charge in [-0.3, -0.25) is 14.3 Å². The number of carbonyl (C=O) groups is 1. The summed E-state index contributed by atoms with van der Waals surface area (Å²) >= 11 is 1.44. The van der Waals surface area contributed by atoms with Crippen LogP contribution in [0.4, 0.5) is 0 Å². The van der Waals surface area contributed by atoms with E-state index in [2.05, 4.69) is 4.98 Å². The maximum Gasteiger partial charge on any atom is 0.329 e. The van der Waals surface area contributed by atoms with Crippen molar-refractivity contribution in [2.75, 3.05) is 0 Å². The maximum absolute atomic E-state index is 13.7. The Morgan fingerprint density at radius 3 is 2.34 bits per heavy atom. The van der Waals surface area contributed by atoms with Crippen LogP contribution in [0.1, 0.15) is 18.7 Å². The van der Waals surface area contributed by atoms with Crippen LogP contribution in [-0.4, -0.2) is 25.6 Å². The first-order valence-electron chi connectivity index (χ1n) is 9.08. The summed E-state index contributed by atoms with van der Waals surface area (Å²) in [5, 5.41) is 10.3. The summed E-state index contributed by atoms with van der Waals surface area (Å²) in [5.41, 5.74) is 0.504. The van der Waals surface area contributed by atoms with Crippen LogP contribution in [0.15, 0.2) is 59.7 Å². The first-order valence-corrected chi connectivity index (χ1v) is 9.90. The fraction of sp³-hybridized carbons (Fsp3) is 0.182. The molecule has 7 heteroatoms. The van der Waals surface area contributed by atoms with Gasteiger partial charge in [-0.05, 0) is 38.5 Å². The molecule has 0 saturated carbocycles. The van der Waals surface area contributed by atoms with E-state index in [1.165, 1.54) is 29.8 Å². The fourth-order valence-corrected chi connectivity index (χ4v) is 4.46. The Labute approximate surface area is 171 Å². The van der Waals surface area contributed by atoms with E-state index in [0.717, 1.165) is 16.0 Å². The Hall–Kier alpha value is -3.32. The molecule has 0 aliphatic carbocycles. The average Bonchev–Trinajstić information content (AvgIpc) is 3.05. The predicted octanol–water partition coefficient (Wildman–Crippen LogP) is 4.32. The van der Waals surface area contributed by atoms with E-state index >= 15 is 0 Å². The van der Waals surface area contributed by atoms with Crippen molar-refractivity contribution in [2.45, 2.75) is 26.3 Å². The molecule has 29 heavy (non-hydrogen) atoms. The summed E-state index contributed by atoms with van der Waals surface area (Å²) in [4.78, 5) is 36.1. The molecule has 0 atom stereocenters. The van der Waals surface area contributed by atoms with E-state index in [0.29, 0.717) is 21.6 Å². The van der Waals surface area contributed by atoms with Gasteiger partial charge in [0.2, 0.25) is 0 Å². The molecule has 3 heterocycles.